The summed E-state index contributed by atoms with van der Waals surface area (Å²) in [6.07, 6.45) is 1.53. The number of allylic oxidation sites excluding steroid dienone is 1. The van der Waals surface area contributed by atoms with E-state index in [1.165, 1.54) is 16.7 Å². The van der Waals surface area contributed by atoms with Crippen LogP contribution in [0.15, 0.2) is 59.0 Å². The molecule has 2 aromatic carbocycles. The van der Waals surface area contributed by atoms with Gasteiger partial charge in [0.05, 0.1) is 22.2 Å². The molecule has 0 saturated heterocycles. The molecule has 1 heterocycles. The zero-order valence-corrected chi connectivity index (χ0v) is 15.5. The van der Waals surface area contributed by atoms with Crippen LogP contribution < -0.4 is 5.56 Å². The highest BCUT2D eigenvalue weighted by molar-refractivity contribution is 7.99. The first-order valence-electron chi connectivity index (χ1n) is 7.82. The highest BCUT2D eigenvalue weighted by Crippen LogP contribution is 2.22. The van der Waals surface area contributed by atoms with Gasteiger partial charge in [0.2, 0.25) is 0 Å². The number of carbonyl (C=O) groups excluding carboxylic acids is 1. The summed E-state index contributed by atoms with van der Waals surface area (Å²) in [4.78, 5) is 29.4. The van der Waals surface area contributed by atoms with Crippen molar-refractivity contribution in [3.63, 3.8) is 0 Å². The SMILES string of the molecule is C=CCn1c(SCC(=O)c2cc(F)ccc2F)nc2ccc(Cl)cc2c1=O. The van der Waals surface area contributed by atoms with E-state index in [9.17, 15) is 18.4 Å². The number of carbonyl (C=O) groups is 1. The van der Waals surface area contributed by atoms with Crippen molar-refractivity contribution in [1.82, 2.24) is 9.55 Å². The van der Waals surface area contributed by atoms with Gasteiger partial charge in [-0.25, -0.2) is 13.8 Å². The quantitative estimate of drug-likeness (QED) is 0.262. The number of ketones is 1. The normalized spacial score (nSPS) is 10.9. The molecule has 1 aromatic heterocycles. The summed E-state index contributed by atoms with van der Waals surface area (Å²) in [5.74, 6) is -2.31. The average Bonchev–Trinajstić information content (AvgIpc) is 2.65. The van der Waals surface area contributed by atoms with E-state index in [-0.39, 0.29) is 28.6 Å². The first kappa shape index (κ1) is 19.3. The predicted molar refractivity (Wildman–Crippen MR) is 103 cm³/mol. The number of benzene rings is 2. The van der Waals surface area contributed by atoms with Crippen LogP contribution in [-0.2, 0) is 6.54 Å². The van der Waals surface area contributed by atoms with Crippen LogP contribution in [0.5, 0.6) is 0 Å². The number of aromatic nitrogens is 2. The van der Waals surface area contributed by atoms with Gasteiger partial charge in [-0.2, -0.15) is 0 Å². The Hall–Kier alpha value is -2.51. The fraction of sp³-hybridized carbons (Fsp3) is 0.105. The van der Waals surface area contributed by atoms with Gasteiger partial charge in [0.15, 0.2) is 10.9 Å². The standard InChI is InChI=1S/C19H13ClF2N2O2S/c1-2-7-24-18(26)14-8-11(20)3-6-16(14)23-19(24)27-10-17(25)13-9-12(21)4-5-15(13)22/h2-6,8-9H,1,7,10H2. The summed E-state index contributed by atoms with van der Waals surface area (Å²) in [6.45, 7) is 3.80. The highest BCUT2D eigenvalue weighted by atomic mass is 35.5. The zero-order chi connectivity index (χ0) is 19.6. The minimum atomic E-state index is -0.799. The Labute approximate surface area is 162 Å². The van der Waals surface area contributed by atoms with E-state index in [0.717, 1.165) is 30.0 Å². The second-order valence-corrected chi connectivity index (χ2v) is 6.98. The lowest BCUT2D eigenvalue weighted by molar-refractivity contribution is 0.101. The lowest BCUT2D eigenvalue weighted by Gasteiger charge is -2.11. The molecule has 27 heavy (non-hydrogen) atoms. The Morgan fingerprint density at radius 1 is 1.26 bits per heavy atom. The van der Waals surface area contributed by atoms with Crippen LogP contribution in [0.25, 0.3) is 10.9 Å². The lowest BCUT2D eigenvalue weighted by Crippen LogP contribution is -2.23. The monoisotopic (exact) mass is 406 g/mol. The van der Waals surface area contributed by atoms with Gasteiger partial charge in [-0.1, -0.05) is 29.4 Å². The van der Waals surface area contributed by atoms with E-state index in [2.05, 4.69) is 11.6 Å². The Morgan fingerprint density at radius 2 is 2.04 bits per heavy atom. The maximum absolute atomic E-state index is 13.8. The molecule has 0 radical (unpaired) electrons. The molecule has 0 saturated carbocycles. The molecule has 8 heteroatoms. The third kappa shape index (κ3) is 4.09. The summed E-state index contributed by atoms with van der Waals surface area (Å²) in [7, 11) is 0. The number of hydrogen-bond donors (Lipinski definition) is 0. The van der Waals surface area contributed by atoms with Gasteiger partial charge in [-0.05, 0) is 36.4 Å². The van der Waals surface area contributed by atoms with Gasteiger partial charge >= 0.3 is 0 Å². The number of fused-ring (bicyclic) bond motifs is 1. The van der Waals surface area contributed by atoms with Crippen LogP contribution in [0.2, 0.25) is 5.02 Å². The summed E-state index contributed by atoms with van der Waals surface area (Å²) >= 11 is 6.92. The summed E-state index contributed by atoms with van der Waals surface area (Å²) < 4.78 is 28.4. The van der Waals surface area contributed by atoms with E-state index in [0.29, 0.717) is 15.9 Å². The van der Waals surface area contributed by atoms with Gasteiger partial charge in [0.25, 0.3) is 5.56 Å². The van der Waals surface area contributed by atoms with Gasteiger partial charge in [0, 0.05) is 11.6 Å². The fourth-order valence-electron chi connectivity index (χ4n) is 2.49. The molecule has 0 atom stereocenters. The fourth-order valence-corrected chi connectivity index (χ4v) is 3.56. The third-order valence-corrected chi connectivity index (χ3v) is 4.97. The molecule has 0 amide bonds. The lowest BCUT2D eigenvalue weighted by atomic mass is 10.1. The van der Waals surface area contributed by atoms with Crippen molar-refractivity contribution in [2.45, 2.75) is 11.7 Å². The number of Topliss-reactive ketones (excluding diaryl/α,β-unsaturated/α-hetero) is 1. The van der Waals surface area contributed by atoms with Crippen LogP contribution in [0.3, 0.4) is 0 Å². The molecule has 0 unspecified atom stereocenters. The molecule has 0 aliphatic rings. The van der Waals surface area contributed by atoms with E-state index in [1.54, 1.807) is 12.1 Å². The van der Waals surface area contributed by atoms with E-state index < -0.39 is 17.4 Å². The topological polar surface area (TPSA) is 52.0 Å². The highest BCUT2D eigenvalue weighted by Gasteiger charge is 2.16. The molecule has 0 aliphatic heterocycles. The first-order valence-corrected chi connectivity index (χ1v) is 9.19. The van der Waals surface area contributed by atoms with E-state index in [1.807, 2.05) is 0 Å². The molecule has 3 aromatic rings. The molecule has 0 bridgehead atoms. The van der Waals surface area contributed by atoms with E-state index >= 15 is 0 Å². The largest absolute Gasteiger partial charge is 0.293 e. The number of rotatable bonds is 6. The summed E-state index contributed by atoms with van der Waals surface area (Å²) in [5.41, 5.74) is -0.237. The van der Waals surface area contributed by atoms with Crippen molar-refractivity contribution < 1.29 is 13.6 Å². The van der Waals surface area contributed by atoms with Gasteiger partial charge in [-0.15, -0.1) is 6.58 Å². The number of thioether (sulfide) groups is 1. The molecule has 3 rings (SSSR count). The molecule has 4 nitrogen and oxygen atoms in total. The van der Waals surface area contributed by atoms with Crippen molar-refractivity contribution in [2.75, 3.05) is 5.75 Å². The zero-order valence-electron chi connectivity index (χ0n) is 13.9. The van der Waals surface area contributed by atoms with Crippen molar-refractivity contribution >= 4 is 40.0 Å². The van der Waals surface area contributed by atoms with Crippen LogP contribution in [-0.4, -0.2) is 21.1 Å². The van der Waals surface area contributed by atoms with Crippen molar-refractivity contribution in [2.24, 2.45) is 0 Å². The molecule has 0 N–H and O–H groups in total. The first-order chi connectivity index (χ1) is 12.9. The molecule has 0 aliphatic carbocycles. The minimum absolute atomic E-state index is 0.180. The molecule has 138 valence electrons. The Morgan fingerprint density at radius 3 is 2.78 bits per heavy atom. The van der Waals surface area contributed by atoms with Crippen LogP contribution in [0, 0.1) is 11.6 Å². The smallest absolute Gasteiger partial charge is 0.262 e. The van der Waals surface area contributed by atoms with Crippen molar-refractivity contribution in [1.29, 1.82) is 0 Å². The molecular weight excluding hydrogens is 394 g/mol. The Bertz CT molecular complexity index is 1110. The Kier molecular flexibility index (Phi) is 5.72. The maximum atomic E-state index is 13.8. The second kappa shape index (κ2) is 8.02. The van der Waals surface area contributed by atoms with Crippen molar-refractivity contribution in [3.8, 4) is 0 Å². The van der Waals surface area contributed by atoms with Gasteiger partial charge < -0.3 is 0 Å². The van der Waals surface area contributed by atoms with Crippen LogP contribution >= 0.6 is 23.4 Å². The molecule has 0 fully saturated rings. The number of hydrogen-bond acceptors (Lipinski definition) is 4. The predicted octanol–water partition coefficient (Wildman–Crippen LogP) is 4.49. The third-order valence-electron chi connectivity index (χ3n) is 3.75. The van der Waals surface area contributed by atoms with Gasteiger partial charge in [-0.3, -0.25) is 14.2 Å². The van der Waals surface area contributed by atoms with Gasteiger partial charge in [0.1, 0.15) is 11.6 Å². The summed E-state index contributed by atoms with van der Waals surface area (Å²) in [5, 5.41) is 1.03. The van der Waals surface area contributed by atoms with E-state index in [4.69, 9.17) is 11.6 Å². The molecule has 0 spiro atoms. The average molecular weight is 407 g/mol. The number of nitrogens with zero attached hydrogens (tertiary/aromatic N) is 2. The Balaban J connectivity index is 1.96. The van der Waals surface area contributed by atoms with Crippen LogP contribution in [0.1, 0.15) is 10.4 Å². The second-order valence-electron chi connectivity index (χ2n) is 5.60. The van der Waals surface area contributed by atoms with Crippen LogP contribution in [0.4, 0.5) is 8.78 Å². The maximum Gasteiger partial charge on any atom is 0.262 e. The molecular formula is C19H13ClF2N2O2S. The minimum Gasteiger partial charge on any atom is -0.293 e. The van der Waals surface area contributed by atoms with Crippen molar-refractivity contribution in [3.05, 3.63) is 81.6 Å². The number of halogens is 3. The summed E-state index contributed by atoms with van der Waals surface area (Å²) in [6, 6.07) is 7.43.